The highest BCUT2D eigenvalue weighted by molar-refractivity contribution is 6.40. The standard InChI is InChI=1S/C72H54N8/c1-71(2,3)46-36-39-59-53(42-46)54-43-47(72(4,5)6)37-40-60(54)80(59)70-75-68(44-23-11-8-12-24-44)74-69(76-70)45-35-38-61(55(41-45)73-7)79-58-34-22-19-31-52(58)64-66-62(50-29-17-20-32-56(50)77(66)48-25-13-9-14-26-48)65-63(67(64)79)51-30-18-21-33-57(51)78(65)49-27-15-10-16-28-49/h8-43H,1-6H3. The lowest BCUT2D eigenvalue weighted by molar-refractivity contribution is 0.590. The van der Waals surface area contributed by atoms with Gasteiger partial charge in [0.15, 0.2) is 11.6 Å². The fourth-order valence-electron chi connectivity index (χ4n) is 12.5. The first kappa shape index (κ1) is 47.1. The molecule has 0 N–H and O–H groups in total. The van der Waals surface area contributed by atoms with Crippen molar-refractivity contribution < 1.29 is 0 Å². The monoisotopic (exact) mass is 1030 g/mol. The Labute approximate surface area is 462 Å². The van der Waals surface area contributed by atoms with Gasteiger partial charge < -0.3 is 13.7 Å². The molecule has 8 heteroatoms. The predicted molar refractivity (Wildman–Crippen MR) is 332 cm³/mol. The SMILES string of the molecule is [C-]#[N+]c1cc(-c2nc(-c3ccccc3)nc(-n3c4ccc(C(C)(C)C)cc4c4cc(C(C)(C)C)ccc43)n2)ccc1-n1c2ccccc2c2c3c(c4ccccc4n3-c3ccccc3)c3c(c4ccccc4n3-c3ccccc3)c21. The van der Waals surface area contributed by atoms with E-state index < -0.39 is 0 Å². The van der Waals surface area contributed by atoms with Crippen LogP contribution < -0.4 is 0 Å². The van der Waals surface area contributed by atoms with Crippen molar-refractivity contribution in [2.45, 2.75) is 52.4 Å². The minimum Gasteiger partial charge on any atom is -0.318 e. The molecule has 0 atom stereocenters. The number of benzene rings is 10. The van der Waals surface area contributed by atoms with Crippen LogP contribution in [0.3, 0.4) is 0 Å². The predicted octanol–water partition coefficient (Wildman–Crippen LogP) is 18.7. The fraction of sp³-hybridized carbons (Fsp3) is 0.111. The van der Waals surface area contributed by atoms with E-state index in [9.17, 15) is 0 Å². The maximum absolute atomic E-state index is 9.11. The molecule has 0 saturated heterocycles. The van der Waals surface area contributed by atoms with Gasteiger partial charge in [0.2, 0.25) is 11.6 Å². The summed E-state index contributed by atoms with van der Waals surface area (Å²) in [5, 5.41) is 9.08. The van der Waals surface area contributed by atoms with Gasteiger partial charge in [-0.1, -0.05) is 181 Å². The number of hydrogen-bond donors (Lipinski definition) is 0. The van der Waals surface area contributed by atoms with E-state index in [1.165, 1.54) is 16.5 Å². The lowest BCUT2D eigenvalue weighted by atomic mass is 9.85. The van der Waals surface area contributed by atoms with Gasteiger partial charge in [-0.3, -0.25) is 4.57 Å². The van der Waals surface area contributed by atoms with Gasteiger partial charge in [-0.25, -0.2) is 9.83 Å². The van der Waals surface area contributed by atoms with Crippen molar-refractivity contribution in [3.63, 3.8) is 0 Å². The Balaban J connectivity index is 1.03. The van der Waals surface area contributed by atoms with Gasteiger partial charge in [0, 0.05) is 65.6 Å². The van der Waals surface area contributed by atoms with E-state index in [1.807, 2.05) is 36.4 Å². The Bertz CT molecular complexity index is 4930. The van der Waals surface area contributed by atoms with Crippen molar-refractivity contribution in [1.29, 1.82) is 0 Å². The van der Waals surface area contributed by atoms with Crippen LogP contribution in [-0.4, -0.2) is 33.2 Å². The summed E-state index contributed by atoms with van der Waals surface area (Å²) in [6, 6.07) is 77.6. The largest absolute Gasteiger partial charge is 0.318 e. The van der Waals surface area contributed by atoms with Crippen LogP contribution in [0, 0.1) is 6.57 Å². The molecule has 10 aromatic carbocycles. The molecule has 0 amide bonds. The Hall–Kier alpha value is -10.1. The minimum atomic E-state index is -0.0570. The average Bonchev–Trinajstić information content (AvgIpc) is 4.38. The number of para-hydroxylation sites is 5. The van der Waals surface area contributed by atoms with Crippen molar-refractivity contribution in [3.8, 4) is 45.8 Å². The van der Waals surface area contributed by atoms with Crippen molar-refractivity contribution in [1.82, 2.24) is 33.2 Å². The molecule has 0 saturated carbocycles. The second-order valence-corrected chi connectivity index (χ2v) is 23.2. The van der Waals surface area contributed by atoms with Gasteiger partial charge in [0.25, 0.3) is 0 Å². The molecule has 8 nitrogen and oxygen atoms in total. The van der Waals surface area contributed by atoms with Crippen LogP contribution in [0.15, 0.2) is 218 Å². The summed E-state index contributed by atoms with van der Waals surface area (Å²) in [5.74, 6) is 1.53. The Morgan fingerprint density at radius 1 is 0.350 bits per heavy atom. The average molecular weight is 1030 g/mol. The third-order valence-electron chi connectivity index (χ3n) is 16.3. The van der Waals surface area contributed by atoms with E-state index in [4.69, 9.17) is 21.5 Å². The van der Waals surface area contributed by atoms with Crippen LogP contribution in [0.5, 0.6) is 0 Å². The summed E-state index contributed by atoms with van der Waals surface area (Å²) in [6.45, 7) is 22.7. The maximum Gasteiger partial charge on any atom is 0.238 e. The van der Waals surface area contributed by atoms with Crippen LogP contribution in [0.25, 0.3) is 138 Å². The number of rotatable bonds is 6. The highest BCUT2D eigenvalue weighted by atomic mass is 15.2. The number of fused-ring (bicyclic) bond motifs is 15. The molecular weight excluding hydrogens is 977 g/mol. The van der Waals surface area contributed by atoms with Gasteiger partial charge in [-0.15, -0.1) is 0 Å². The van der Waals surface area contributed by atoms with Crippen LogP contribution in [0.4, 0.5) is 5.69 Å². The van der Waals surface area contributed by atoms with Gasteiger partial charge in [-0.05, 0) is 101 Å². The van der Waals surface area contributed by atoms with Crippen LogP contribution in [0.2, 0.25) is 0 Å². The minimum absolute atomic E-state index is 0.0570. The maximum atomic E-state index is 9.11. The molecule has 0 radical (unpaired) electrons. The van der Waals surface area contributed by atoms with E-state index >= 15 is 0 Å². The van der Waals surface area contributed by atoms with Gasteiger partial charge in [0.1, 0.15) is 0 Å². The Morgan fingerprint density at radius 3 is 1.21 bits per heavy atom. The zero-order valence-electron chi connectivity index (χ0n) is 45.4. The summed E-state index contributed by atoms with van der Waals surface area (Å²) in [6.07, 6.45) is 0. The summed E-state index contributed by atoms with van der Waals surface area (Å²) < 4.78 is 9.43. The van der Waals surface area contributed by atoms with E-state index in [0.717, 1.165) is 104 Å². The lowest BCUT2D eigenvalue weighted by Crippen LogP contribution is -2.10. The highest BCUT2D eigenvalue weighted by Crippen LogP contribution is 2.51. The van der Waals surface area contributed by atoms with Gasteiger partial charge >= 0.3 is 0 Å². The quantitative estimate of drug-likeness (QED) is 0.156. The summed E-state index contributed by atoms with van der Waals surface area (Å²) in [4.78, 5) is 20.4. The molecule has 80 heavy (non-hydrogen) atoms. The first-order valence-electron chi connectivity index (χ1n) is 27.4. The first-order valence-corrected chi connectivity index (χ1v) is 27.4. The van der Waals surface area contributed by atoms with E-state index in [1.54, 1.807) is 0 Å². The van der Waals surface area contributed by atoms with Gasteiger partial charge in [0.05, 0.1) is 56.4 Å². The molecule has 0 aliphatic heterocycles. The Morgan fingerprint density at radius 2 is 0.750 bits per heavy atom. The molecule has 0 aliphatic rings. The van der Waals surface area contributed by atoms with Crippen molar-refractivity contribution >= 4 is 92.9 Å². The van der Waals surface area contributed by atoms with E-state index in [-0.39, 0.29) is 10.8 Å². The summed E-state index contributed by atoms with van der Waals surface area (Å²) in [7, 11) is 0. The van der Waals surface area contributed by atoms with Gasteiger partial charge in [-0.2, -0.15) is 9.97 Å². The zero-order chi connectivity index (χ0) is 54.2. The molecule has 0 spiro atoms. The van der Waals surface area contributed by atoms with Crippen LogP contribution in [0.1, 0.15) is 52.7 Å². The zero-order valence-corrected chi connectivity index (χ0v) is 45.4. The smallest absolute Gasteiger partial charge is 0.238 e. The summed E-state index contributed by atoms with van der Waals surface area (Å²) in [5.41, 5.74) is 15.8. The fourth-order valence-corrected chi connectivity index (χ4v) is 12.5. The molecule has 15 rings (SSSR count). The lowest BCUT2D eigenvalue weighted by Gasteiger charge is -2.19. The first-order chi connectivity index (χ1) is 38.9. The molecule has 0 aliphatic carbocycles. The molecule has 0 bridgehead atoms. The normalized spacial score (nSPS) is 12.4. The van der Waals surface area contributed by atoms with Crippen LogP contribution in [-0.2, 0) is 10.8 Å². The molecule has 0 unspecified atom stereocenters. The second-order valence-electron chi connectivity index (χ2n) is 23.2. The number of hydrogen-bond acceptors (Lipinski definition) is 3. The Kier molecular flexibility index (Phi) is 10.3. The molecule has 0 fully saturated rings. The third-order valence-corrected chi connectivity index (χ3v) is 16.3. The topological polar surface area (TPSA) is 62.8 Å². The number of aromatic nitrogens is 7. The summed E-state index contributed by atoms with van der Waals surface area (Å²) >= 11 is 0. The van der Waals surface area contributed by atoms with Crippen LogP contribution >= 0.6 is 0 Å². The third kappa shape index (κ3) is 7.03. The van der Waals surface area contributed by atoms with Crippen molar-refractivity contribution in [2.75, 3.05) is 0 Å². The number of nitrogens with zero attached hydrogens (tertiary/aromatic N) is 8. The molecule has 382 valence electrons. The molecule has 5 heterocycles. The van der Waals surface area contributed by atoms with Crippen molar-refractivity contribution in [3.05, 3.63) is 241 Å². The molecular formula is C72H54N8. The van der Waals surface area contributed by atoms with Crippen molar-refractivity contribution in [2.24, 2.45) is 0 Å². The molecule has 5 aromatic heterocycles. The van der Waals surface area contributed by atoms with E-state index in [0.29, 0.717) is 28.8 Å². The highest BCUT2D eigenvalue weighted by Gasteiger charge is 2.30. The second kappa shape index (κ2) is 17.5. The molecule has 15 aromatic rings. The van der Waals surface area contributed by atoms with E-state index in [2.05, 4.69) is 247 Å².